The molecule has 3 nitrogen and oxygen atoms in total. The number of Topliss-reactive ketones (excluding diaryl/α,β-unsaturated/α-hetero) is 1. The number of aryl methyl sites for hydroxylation is 1. The second-order valence-electron chi connectivity index (χ2n) is 5.46. The van der Waals surface area contributed by atoms with E-state index in [-0.39, 0.29) is 17.3 Å². The summed E-state index contributed by atoms with van der Waals surface area (Å²) in [5.74, 6) is 0.268. The first kappa shape index (κ1) is 13.5. The number of fused-ring (bicyclic) bond motifs is 1. The Morgan fingerprint density at radius 3 is 2.58 bits per heavy atom. The van der Waals surface area contributed by atoms with Gasteiger partial charge in [0.2, 0.25) is 5.78 Å². The van der Waals surface area contributed by atoms with Crippen LogP contribution in [0.15, 0.2) is 30.0 Å². The summed E-state index contributed by atoms with van der Waals surface area (Å²) in [7, 11) is 0. The predicted octanol–water partition coefficient (Wildman–Crippen LogP) is 2.89. The third-order valence-corrected chi connectivity index (χ3v) is 3.39. The van der Waals surface area contributed by atoms with Gasteiger partial charge in [-0.2, -0.15) is 0 Å². The van der Waals surface area contributed by atoms with E-state index in [9.17, 15) is 9.59 Å². The van der Waals surface area contributed by atoms with E-state index in [0.717, 1.165) is 24.8 Å². The van der Waals surface area contributed by atoms with Gasteiger partial charge < -0.3 is 5.73 Å². The van der Waals surface area contributed by atoms with Crippen LogP contribution in [0.2, 0.25) is 0 Å². The molecule has 0 aliphatic heterocycles. The van der Waals surface area contributed by atoms with Crippen LogP contribution in [0, 0.1) is 5.92 Å². The van der Waals surface area contributed by atoms with Crippen molar-refractivity contribution in [1.29, 1.82) is 0 Å². The number of hydrogen-bond acceptors (Lipinski definition) is 3. The lowest BCUT2D eigenvalue weighted by Crippen LogP contribution is -2.21. The van der Waals surface area contributed by atoms with Gasteiger partial charge >= 0.3 is 0 Å². The van der Waals surface area contributed by atoms with E-state index in [2.05, 4.69) is 13.8 Å². The maximum atomic E-state index is 11.9. The van der Waals surface area contributed by atoms with Gasteiger partial charge in [0.15, 0.2) is 5.78 Å². The fraction of sp³-hybridized carbons (Fsp3) is 0.375. The highest BCUT2D eigenvalue weighted by atomic mass is 16.1. The number of carbonyl (C=O) groups is 2. The lowest BCUT2D eigenvalue weighted by Gasteiger charge is -2.13. The maximum absolute atomic E-state index is 11.9. The van der Waals surface area contributed by atoms with Crippen LogP contribution < -0.4 is 5.73 Å². The standard InChI is InChI=1S/C16H19NO2/c1-10(2)4-3-5-11-6-7-12-13(8-11)15(18)9-14(17)16(12)19/h6-10H,3-5,17H2,1-2H3. The van der Waals surface area contributed by atoms with E-state index in [4.69, 9.17) is 5.73 Å². The summed E-state index contributed by atoms with van der Waals surface area (Å²) >= 11 is 0. The lowest BCUT2D eigenvalue weighted by atomic mass is 9.90. The molecule has 1 aromatic rings. The quantitative estimate of drug-likeness (QED) is 0.902. The average Bonchev–Trinajstić information content (AvgIpc) is 2.36. The van der Waals surface area contributed by atoms with Crippen molar-refractivity contribution in [3.8, 4) is 0 Å². The molecule has 1 aliphatic rings. The first-order valence-corrected chi connectivity index (χ1v) is 6.68. The SMILES string of the molecule is CC(C)CCCc1ccc2c(c1)C(=O)C=C(N)C2=O. The van der Waals surface area contributed by atoms with Gasteiger partial charge in [-0.05, 0) is 36.5 Å². The van der Waals surface area contributed by atoms with Crippen molar-refractivity contribution in [3.05, 3.63) is 46.7 Å². The molecule has 19 heavy (non-hydrogen) atoms. The molecule has 100 valence electrons. The van der Waals surface area contributed by atoms with Crippen molar-refractivity contribution in [2.24, 2.45) is 11.7 Å². The molecule has 0 fully saturated rings. The van der Waals surface area contributed by atoms with E-state index < -0.39 is 0 Å². The van der Waals surface area contributed by atoms with E-state index in [0.29, 0.717) is 17.0 Å². The van der Waals surface area contributed by atoms with Crippen molar-refractivity contribution in [3.63, 3.8) is 0 Å². The van der Waals surface area contributed by atoms with E-state index in [1.54, 1.807) is 6.07 Å². The predicted molar refractivity (Wildman–Crippen MR) is 75.1 cm³/mol. The van der Waals surface area contributed by atoms with E-state index >= 15 is 0 Å². The number of carbonyl (C=O) groups excluding carboxylic acids is 2. The zero-order valence-electron chi connectivity index (χ0n) is 11.4. The third-order valence-electron chi connectivity index (χ3n) is 3.39. The first-order chi connectivity index (χ1) is 8.99. The Labute approximate surface area is 113 Å². The normalized spacial score (nSPS) is 14.6. The summed E-state index contributed by atoms with van der Waals surface area (Å²) in [5.41, 5.74) is 7.58. The van der Waals surface area contributed by atoms with Gasteiger partial charge in [0.25, 0.3) is 0 Å². The molecular weight excluding hydrogens is 238 g/mol. The Bertz CT molecular complexity index is 556. The molecule has 0 saturated heterocycles. The van der Waals surface area contributed by atoms with Crippen molar-refractivity contribution < 1.29 is 9.59 Å². The van der Waals surface area contributed by atoms with Gasteiger partial charge in [0.05, 0.1) is 5.70 Å². The van der Waals surface area contributed by atoms with Crippen LogP contribution in [0.3, 0.4) is 0 Å². The largest absolute Gasteiger partial charge is 0.395 e. The second kappa shape index (κ2) is 5.39. The summed E-state index contributed by atoms with van der Waals surface area (Å²) < 4.78 is 0. The zero-order chi connectivity index (χ0) is 14.0. The molecule has 0 unspecified atom stereocenters. The first-order valence-electron chi connectivity index (χ1n) is 6.68. The highest BCUT2D eigenvalue weighted by Gasteiger charge is 2.23. The topological polar surface area (TPSA) is 60.2 Å². The minimum Gasteiger partial charge on any atom is -0.395 e. The molecule has 2 rings (SSSR count). The Kier molecular flexibility index (Phi) is 3.84. The van der Waals surface area contributed by atoms with Crippen molar-refractivity contribution in [2.45, 2.75) is 33.1 Å². The minimum absolute atomic E-state index is 0.0325. The Morgan fingerprint density at radius 2 is 1.89 bits per heavy atom. The molecular formula is C16H19NO2. The van der Waals surface area contributed by atoms with Gasteiger partial charge in [0, 0.05) is 17.2 Å². The van der Waals surface area contributed by atoms with Gasteiger partial charge in [-0.25, -0.2) is 0 Å². The summed E-state index contributed by atoms with van der Waals surface area (Å²) in [6, 6.07) is 5.47. The minimum atomic E-state index is -0.247. The molecule has 0 heterocycles. The van der Waals surface area contributed by atoms with Crippen LogP contribution in [0.25, 0.3) is 0 Å². The molecule has 2 N–H and O–H groups in total. The number of ketones is 2. The molecule has 0 aromatic heterocycles. The van der Waals surface area contributed by atoms with Gasteiger partial charge in [-0.1, -0.05) is 26.3 Å². The fourth-order valence-electron chi connectivity index (χ4n) is 2.30. The van der Waals surface area contributed by atoms with Gasteiger partial charge in [-0.3, -0.25) is 9.59 Å². The van der Waals surface area contributed by atoms with Gasteiger partial charge in [0.1, 0.15) is 0 Å². The fourth-order valence-corrected chi connectivity index (χ4v) is 2.30. The van der Waals surface area contributed by atoms with E-state index in [1.807, 2.05) is 12.1 Å². The Morgan fingerprint density at radius 1 is 1.16 bits per heavy atom. The van der Waals surface area contributed by atoms with Crippen molar-refractivity contribution in [2.75, 3.05) is 0 Å². The van der Waals surface area contributed by atoms with Crippen LogP contribution >= 0.6 is 0 Å². The maximum Gasteiger partial charge on any atom is 0.209 e. The summed E-state index contributed by atoms with van der Waals surface area (Å²) in [6.45, 7) is 4.39. The number of benzene rings is 1. The molecule has 0 bridgehead atoms. The molecule has 1 aromatic carbocycles. The number of rotatable bonds is 4. The molecule has 3 heteroatoms. The molecule has 1 aliphatic carbocycles. The molecule has 0 saturated carbocycles. The Balaban J connectivity index is 2.19. The highest BCUT2D eigenvalue weighted by molar-refractivity contribution is 6.24. The summed E-state index contributed by atoms with van der Waals surface area (Å²) in [4.78, 5) is 23.7. The molecule has 0 spiro atoms. The zero-order valence-corrected chi connectivity index (χ0v) is 11.4. The summed E-state index contributed by atoms with van der Waals surface area (Å²) in [6.07, 6.45) is 4.42. The van der Waals surface area contributed by atoms with Crippen molar-refractivity contribution in [1.82, 2.24) is 0 Å². The summed E-state index contributed by atoms with van der Waals surface area (Å²) in [5, 5.41) is 0. The van der Waals surface area contributed by atoms with Crippen LogP contribution in [-0.4, -0.2) is 11.6 Å². The third kappa shape index (κ3) is 2.92. The lowest BCUT2D eigenvalue weighted by molar-refractivity contribution is 0.0983. The van der Waals surface area contributed by atoms with Gasteiger partial charge in [-0.15, -0.1) is 0 Å². The highest BCUT2D eigenvalue weighted by Crippen LogP contribution is 2.21. The average molecular weight is 257 g/mol. The molecule has 0 amide bonds. The Hall–Kier alpha value is -1.90. The van der Waals surface area contributed by atoms with Crippen LogP contribution in [0.4, 0.5) is 0 Å². The van der Waals surface area contributed by atoms with Crippen LogP contribution in [0.1, 0.15) is 53.0 Å². The smallest absolute Gasteiger partial charge is 0.209 e. The monoisotopic (exact) mass is 257 g/mol. The number of allylic oxidation sites excluding steroid dienone is 2. The van der Waals surface area contributed by atoms with Crippen LogP contribution in [-0.2, 0) is 6.42 Å². The number of hydrogen-bond donors (Lipinski definition) is 1. The second-order valence-corrected chi connectivity index (χ2v) is 5.46. The van der Waals surface area contributed by atoms with Crippen molar-refractivity contribution >= 4 is 11.6 Å². The number of nitrogens with two attached hydrogens (primary N) is 1. The molecule has 0 atom stereocenters. The van der Waals surface area contributed by atoms with E-state index in [1.165, 1.54) is 6.08 Å². The van der Waals surface area contributed by atoms with Crippen LogP contribution in [0.5, 0.6) is 0 Å². The molecule has 0 radical (unpaired) electrons.